The molecule has 1 heterocycles. The zero-order valence-electron chi connectivity index (χ0n) is 14.1. The second kappa shape index (κ2) is 8.89. The molecule has 2 rings (SSSR count). The van der Waals surface area contributed by atoms with E-state index < -0.39 is 0 Å². The summed E-state index contributed by atoms with van der Waals surface area (Å²) in [6.45, 7) is 5.95. The highest BCUT2D eigenvalue weighted by atomic mass is 35.5. The molecule has 1 atom stereocenters. The van der Waals surface area contributed by atoms with Crippen molar-refractivity contribution in [3.8, 4) is 5.75 Å². The van der Waals surface area contributed by atoms with Gasteiger partial charge in [0.05, 0.1) is 11.1 Å². The van der Waals surface area contributed by atoms with Gasteiger partial charge in [-0.2, -0.15) is 0 Å². The number of anilines is 1. The van der Waals surface area contributed by atoms with E-state index in [1.54, 1.807) is 23.1 Å². The van der Waals surface area contributed by atoms with Gasteiger partial charge in [0.15, 0.2) is 6.61 Å². The number of likely N-dealkylation sites (N-methyl/N-ethyl adjacent to an activating group) is 1. The normalized spacial score (nSPS) is 16.7. The van der Waals surface area contributed by atoms with Crippen molar-refractivity contribution >= 4 is 29.1 Å². The van der Waals surface area contributed by atoms with Crippen molar-refractivity contribution in [3.05, 3.63) is 23.2 Å². The van der Waals surface area contributed by atoms with Crippen LogP contribution in [0.1, 0.15) is 26.7 Å². The van der Waals surface area contributed by atoms with Crippen LogP contribution >= 0.6 is 11.6 Å². The van der Waals surface area contributed by atoms with Crippen LogP contribution in [0.5, 0.6) is 5.75 Å². The third-order valence-corrected chi connectivity index (χ3v) is 4.34. The van der Waals surface area contributed by atoms with E-state index in [1.165, 1.54) is 0 Å². The van der Waals surface area contributed by atoms with Gasteiger partial charge in [0.2, 0.25) is 5.91 Å². The van der Waals surface area contributed by atoms with Gasteiger partial charge in [-0.1, -0.05) is 11.6 Å². The number of hydrogen-bond donors (Lipinski definition) is 2. The average molecular weight is 354 g/mol. The van der Waals surface area contributed by atoms with Gasteiger partial charge >= 0.3 is 0 Å². The quantitative estimate of drug-likeness (QED) is 0.789. The minimum Gasteiger partial charge on any atom is -0.482 e. The summed E-state index contributed by atoms with van der Waals surface area (Å²) in [7, 11) is 0. The van der Waals surface area contributed by atoms with E-state index in [0.29, 0.717) is 29.5 Å². The SMILES string of the molecule is CCN(CC)C(=O)COc1ccc(NC(=O)C2CCCN2)cc1Cl. The van der Waals surface area contributed by atoms with Crippen molar-refractivity contribution in [1.82, 2.24) is 10.2 Å². The Kier molecular flexibility index (Phi) is 6.87. The Morgan fingerprint density at radius 1 is 1.38 bits per heavy atom. The number of nitrogens with zero attached hydrogens (tertiary/aromatic N) is 1. The van der Waals surface area contributed by atoms with Gasteiger partial charge in [-0.15, -0.1) is 0 Å². The number of ether oxygens (including phenoxy) is 1. The summed E-state index contributed by atoms with van der Waals surface area (Å²) in [6, 6.07) is 4.86. The maximum Gasteiger partial charge on any atom is 0.260 e. The van der Waals surface area contributed by atoms with Gasteiger partial charge < -0.3 is 20.3 Å². The number of nitrogens with one attached hydrogen (secondary N) is 2. The van der Waals surface area contributed by atoms with E-state index in [2.05, 4.69) is 10.6 Å². The Morgan fingerprint density at radius 2 is 2.12 bits per heavy atom. The molecule has 1 fully saturated rings. The minimum absolute atomic E-state index is 0.0564. The first-order valence-electron chi connectivity index (χ1n) is 8.29. The molecule has 1 unspecified atom stereocenters. The number of hydrogen-bond acceptors (Lipinski definition) is 4. The Hall–Kier alpha value is -1.79. The molecule has 1 aromatic carbocycles. The van der Waals surface area contributed by atoms with Crippen molar-refractivity contribution in [3.63, 3.8) is 0 Å². The van der Waals surface area contributed by atoms with Crippen molar-refractivity contribution in [2.75, 3.05) is 31.6 Å². The van der Waals surface area contributed by atoms with Crippen LogP contribution in [0, 0.1) is 0 Å². The van der Waals surface area contributed by atoms with Crippen LogP contribution < -0.4 is 15.4 Å². The van der Waals surface area contributed by atoms with Crippen LogP contribution in [0.3, 0.4) is 0 Å². The molecule has 0 aromatic heterocycles. The maximum absolute atomic E-state index is 12.1. The van der Waals surface area contributed by atoms with Crippen LogP contribution in [0.15, 0.2) is 18.2 Å². The lowest BCUT2D eigenvalue weighted by Crippen LogP contribution is -2.35. The second-order valence-electron chi connectivity index (χ2n) is 5.64. The lowest BCUT2D eigenvalue weighted by Gasteiger charge is -2.19. The molecule has 0 bridgehead atoms. The zero-order chi connectivity index (χ0) is 17.5. The molecule has 2 N–H and O–H groups in total. The number of amides is 2. The Balaban J connectivity index is 1.91. The van der Waals surface area contributed by atoms with Gasteiger partial charge in [0.25, 0.3) is 5.91 Å². The lowest BCUT2D eigenvalue weighted by atomic mass is 10.2. The largest absolute Gasteiger partial charge is 0.482 e. The predicted molar refractivity (Wildman–Crippen MR) is 94.5 cm³/mol. The summed E-state index contributed by atoms with van der Waals surface area (Å²) in [4.78, 5) is 25.7. The van der Waals surface area contributed by atoms with Crippen molar-refractivity contribution in [1.29, 1.82) is 0 Å². The molecule has 6 nitrogen and oxygen atoms in total. The van der Waals surface area contributed by atoms with Gasteiger partial charge in [0, 0.05) is 18.8 Å². The number of benzene rings is 1. The lowest BCUT2D eigenvalue weighted by molar-refractivity contribution is -0.133. The van der Waals surface area contributed by atoms with Crippen LogP contribution in [0.2, 0.25) is 5.02 Å². The third kappa shape index (κ3) is 4.85. The van der Waals surface area contributed by atoms with Crippen LogP contribution in [0.4, 0.5) is 5.69 Å². The molecule has 24 heavy (non-hydrogen) atoms. The number of carbonyl (C=O) groups is 2. The standard InChI is InChI=1S/C17H24ClN3O3/c1-3-21(4-2)16(22)11-24-15-8-7-12(10-13(15)18)20-17(23)14-6-5-9-19-14/h7-8,10,14,19H,3-6,9,11H2,1-2H3,(H,20,23). The Bertz CT molecular complexity index is 584. The summed E-state index contributed by atoms with van der Waals surface area (Å²) in [5.41, 5.74) is 0.612. The fourth-order valence-corrected chi connectivity index (χ4v) is 2.88. The summed E-state index contributed by atoms with van der Waals surface area (Å²) >= 11 is 6.19. The number of rotatable bonds is 7. The van der Waals surface area contributed by atoms with E-state index in [0.717, 1.165) is 19.4 Å². The smallest absolute Gasteiger partial charge is 0.260 e. The highest BCUT2D eigenvalue weighted by molar-refractivity contribution is 6.32. The highest BCUT2D eigenvalue weighted by Gasteiger charge is 2.22. The zero-order valence-corrected chi connectivity index (χ0v) is 14.9. The van der Waals surface area contributed by atoms with Gasteiger partial charge in [-0.25, -0.2) is 0 Å². The first-order chi connectivity index (χ1) is 11.5. The average Bonchev–Trinajstić information content (AvgIpc) is 3.10. The van der Waals surface area contributed by atoms with E-state index in [-0.39, 0.29) is 24.5 Å². The molecular weight excluding hydrogens is 330 g/mol. The molecule has 0 radical (unpaired) electrons. The maximum atomic E-state index is 12.1. The molecule has 1 aromatic rings. The Labute approximate surface area is 147 Å². The van der Waals surface area contributed by atoms with E-state index in [4.69, 9.17) is 16.3 Å². The topological polar surface area (TPSA) is 70.7 Å². The summed E-state index contributed by atoms with van der Waals surface area (Å²) in [5.74, 6) is 0.281. The molecule has 1 aliphatic heterocycles. The Morgan fingerprint density at radius 3 is 2.71 bits per heavy atom. The second-order valence-corrected chi connectivity index (χ2v) is 6.05. The fourth-order valence-electron chi connectivity index (χ4n) is 2.64. The van der Waals surface area contributed by atoms with E-state index >= 15 is 0 Å². The van der Waals surface area contributed by atoms with Gasteiger partial charge in [0.1, 0.15) is 5.75 Å². The van der Waals surface area contributed by atoms with Crippen molar-refractivity contribution < 1.29 is 14.3 Å². The van der Waals surface area contributed by atoms with Crippen molar-refractivity contribution in [2.45, 2.75) is 32.7 Å². The number of carbonyl (C=O) groups excluding carboxylic acids is 2. The minimum atomic E-state index is -0.147. The molecule has 2 amide bonds. The van der Waals surface area contributed by atoms with E-state index in [1.807, 2.05) is 13.8 Å². The summed E-state index contributed by atoms with van der Waals surface area (Å²) in [5, 5.41) is 6.34. The monoisotopic (exact) mass is 353 g/mol. The van der Waals surface area contributed by atoms with Gasteiger partial charge in [-0.05, 0) is 51.4 Å². The summed E-state index contributed by atoms with van der Waals surface area (Å²) < 4.78 is 5.49. The third-order valence-electron chi connectivity index (χ3n) is 4.04. The molecular formula is C17H24ClN3O3. The molecule has 7 heteroatoms. The van der Waals surface area contributed by atoms with E-state index in [9.17, 15) is 9.59 Å². The molecule has 0 aliphatic carbocycles. The molecule has 132 valence electrons. The van der Waals surface area contributed by atoms with Crippen molar-refractivity contribution in [2.24, 2.45) is 0 Å². The first-order valence-corrected chi connectivity index (χ1v) is 8.67. The predicted octanol–water partition coefficient (Wildman–Crippen LogP) is 2.28. The van der Waals surface area contributed by atoms with Crippen LogP contribution in [0.25, 0.3) is 0 Å². The summed E-state index contributed by atoms with van der Waals surface area (Å²) in [6.07, 6.45) is 1.85. The molecule has 1 aliphatic rings. The number of halogens is 1. The highest BCUT2D eigenvalue weighted by Crippen LogP contribution is 2.28. The fraction of sp³-hybridized carbons (Fsp3) is 0.529. The molecule has 0 spiro atoms. The van der Waals surface area contributed by atoms with Crippen LogP contribution in [-0.4, -0.2) is 49.0 Å². The van der Waals surface area contributed by atoms with Gasteiger partial charge in [-0.3, -0.25) is 9.59 Å². The molecule has 1 saturated heterocycles. The van der Waals surface area contributed by atoms with Crippen LogP contribution in [-0.2, 0) is 9.59 Å². The molecule has 0 saturated carbocycles. The first kappa shape index (κ1) is 18.5.